The normalized spacial score (nSPS) is 17.0. The molecule has 0 saturated heterocycles. The van der Waals surface area contributed by atoms with Gasteiger partial charge in [-0.3, -0.25) is 4.79 Å². The first kappa shape index (κ1) is 18.4. The van der Waals surface area contributed by atoms with Crippen molar-refractivity contribution in [2.75, 3.05) is 0 Å². The SMILES string of the molecule is C[C@H]1CCc2c(sc3nc([C@H](C)OC(=O)c4cccc(C#N)c4)[nH]c(=O)c23)C1. The lowest BCUT2D eigenvalue weighted by molar-refractivity contribution is 0.0320. The van der Waals surface area contributed by atoms with Gasteiger partial charge in [0.25, 0.3) is 5.56 Å². The zero-order chi connectivity index (χ0) is 19.8. The maximum atomic E-state index is 12.7. The minimum absolute atomic E-state index is 0.179. The average molecular weight is 393 g/mol. The predicted octanol–water partition coefficient (Wildman–Crippen LogP) is 3.90. The van der Waals surface area contributed by atoms with Gasteiger partial charge in [0.1, 0.15) is 4.83 Å². The summed E-state index contributed by atoms with van der Waals surface area (Å²) in [6, 6.07) is 8.30. The number of fused-ring (bicyclic) bond motifs is 3. The molecule has 2 heterocycles. The van der Waals surface area contributed by atoms with E-state index in [9.17, 15) is 9.59 Å². The zero-order valence-corrected chi connectivity index (χ0v) is 16.4. The van der Waals surface area contributed by atoms with Crippen LogP contribution in [0.1, 0.15) is 58.6 Å². The van der Waals surface area contributed by atoms with Crippen molar-refractivity contribution in [3.8, 4) is 6.07 Å². The molecule has 0 aliphatic heterocycles. The van der Waals surface area contributed by atoms with Crippen LogP contribution in [0, 0.1) is 17.2 Å². The maximum Gasteiger partial charge on any atom is 0.338 e. The van der Waals surface area contributed by atoms with E-state index in [2.05, 4.69) is 16.9 Å². The van der Waals surface area contributed by atoms with E-state index in [0.717, 1.165) is 24.8 Å². The first-order chi connectivity index (χ1) is 13.5. The van der Waals surface area contributed by atoms with Crippen molar-refractivity contribution in [3.63, 3.8) is 0 Å². The van der Waals surface area contributed by atoms with Crippen LogP contribution in [-0.2, 0) is 17.6 Å². The molecule has 0 saturated carbocycles. The molecule has 1 aliphatic carbocycles. The lowest BCUT2D eigenvalue weighted by atomic mass is 9.89. The highest BCUT2D eigenvalue weighted by Crippen LogP contribution is 2.36. The monoisotopic (exact) mass is 393 g/mol. The van der Waals surface area contributed by atoms with Crippen LogP contribution in [-0.4, -0.2) is 15.9 Å². The molecule has 0 bridgehead atoms. The summed E-state index contributed by atoms with van der Waals surface area (Å²) in [6.07, 6.45) is 2.24. The molecule has 0 fully saturated rings. The number of carbonyl (C=O) groups excluding carboxylic acids is 1. The molecule has 1 N–H and O–H groups in total. The molecule has 142 valence electrons. The molecule has 1 aliphatic rings. The van der Waals surface area contributed by atoms with Crippen LogP contribution in [0.15, 0.2) is 29.1 Å². The van der Waals surface area contributed by atoms with Crippen molar-refractivity contribution in [1.29, 1.82) is 5.26 Å². The fourth-order valence-corrected chi connectivity index (χ4v) is 4.95. The molecule has 7 heteroatoms. The first-order valence-corrected chi connectivity index (χ1v) is 10.0. The van der Waals surface area contributed by atoms with Gasteiger partial charge in [0.15, 0.2) is 11.9 Å². The van der Waals surface area contributed by atoms with Gasteiger partial charge in [-0.25, -0.2) is 9.78 Å². The van der Waals surface area contributed by atoms with Crippen LogP contribution in [0.3, 0.4) is 0 Å². The Morgan fingerprint density at radius 2 is 2.29 bits per heavy atom. The number of hydrogen-bond acceptors (Lipinski definition) is 6. The van der Waals surface area contributed by atoms with Crippen molar-refractivity contribution in [3.05, 3.63) is 62.0 Å². The van der Waals surface area contributed by atoms with E-state index in [4.69, 9.17) is 10.00 Å². The molecular weight excluding hydrogens is 374 g/mol. The van der Waals surface area contributed by atoms with Crippen LogP contribution in [0.5, 0.6) is 0 Å². The Balaban J connectivity index is 1.62. The van der Waals surface area contributed by atoms with Gasteiger partial charge in [-0.1, -0.05) is 13.0 Å². The lowest BCUT2D eigenvalue weighted by Gasteiger charge is -2.17. The standard InChI is InChI=1S/C21H19N3O3S/c1-11-6-7-15-16(8-11)28-20-17(15)19(25)23-18(24-20)12(2)27-21(26)14-5-3-4-13(9-14)10-22/h3-5,9,11-12H,6-8H2,1-2H3,(H,23,24,25)/t11-,12-/m0/s1. The molecular formula is C21H19N3O3S. The number of nitrogens with one attached hydrogen (secondary N) is 1. The molecule has 0 amide bonds. The minimum atomic E-state index is -0.714. The van der Waals surface area contributed by atoms with Gasteiger partial charge in [0.2, 0.25) is 0 Å². The summed E-state index contributed by atoms with van der Waals surface area (Å²) in [6.45, 7) is 3.89. The third-order valence-electron chi connectivity index (χ3n) is 5.08. The average Bonchev–Trinajstić information content (AvgIpc) is 3.05. The van der Waals surface area contributed by atoms with E-state index in [1.54, 1.807) is 36.5 Å². The summed E-state index contributed by atoms with van der Waals surface area (Å²) in [7, 11) is 0. The first-order valence-electron chi connectivity index (χ1n) is 9.22. The number of esters is 1. The summed E-state index contributed by atoms with van der Waals surface area (Å²) in [5.41, 5.74) is 1.61. The minimum Gasteiger partial charge on any atom is -0.451 e. The number of rotatable bonds is 3. The molecule has 1 aromatic carbocycles. The Bertz CT molecular complexity index is 1170. The van der Waals surface area contributed by atoms with Gasteiger partial charge in [-0.05, 0) is 55.9 Å². The van der Waals surface area contributed by atoms with Crippen molar-refractivity contribution in [2.45, 2.75) is 39.2 Å². The van der Waals surface area contributed by atoms with Crippen molar-refractivity contribution in [1.82, 2.24) is 9.97 Å². The van der Waals surface area contributed by atoms with E-state index in [-0.39, 0.29) is 11.1 Å². The van der Waals surface area contributed by atoms with Crippen LogP contribution in [0.2, 0.25) is 0 Å². The van der Waals surface area contributed by atoms with Gasteiger partial charge >= 0.3 is 5.97 Å². The summed E-state index contributed by atoms with van der Waals surface area (Å²) in [5, 5.41) is 9.65. The Morgan fingerprint density at radius 1 is 1.46 bits per heavy atom. The van der Waals surface area contributed by atoms with E-state index in [0.29, 0.717) is 27.5 Å². The number of carbonyl (C=O) groups is 1. The van der Waals surface area contributed by atoms with E-state index >= 15 is 0 Å². The summed E-state index contributed by atoms with van der Waals surface area (Å²) in [4.78, 5) is 34.4. The molecule has 2 aromatic heterocycles. The molecule has 6 nitrogen and oxygen atoms in total. The third kappa shape index (κ3) is 3.32. The quantitative estimate of drug-likeness (QED) is 0.681. The second-order valence-electron chi connectivity index (χ2n) is 7.22. The number of ether oxygens (including phenoxy) is 1. The number of benzene rings is 1. The van der Waals surface area contributed by atoms with Crippen molar-refractivity contribution >= 4 is 27.5 Å². The number of H-pyrrole nitrogens is 1. The topological polar surface area (TPSA) is 95.8 Å². The summed E-state index contributed by atoms with van der Waals surface area (Å²) in [5.74, 6) is 0.378. The number of thiophene rings is 1. The number of aromatic amines is 1. The molecule has 0 spiro atoms. The number of aryl methyl sites for hydroxylation is 1. The second-order valence-corrected chi connectivity index (χ2v) is 8.31. The smallest absolute Gasteiger partial charge is 0.338 e. The van der Waals surface area contributed by atoms with Gasteiger partial charge in [0.05, 0.1) is 22.6 Å². The maximum absolute atomic E-state index is 12.7. The Labute approximate surface area is 165 Å². The van der Waals surface area contributed by atoms with Crippen molar-refractivity contribution < 1.29 is 9.53 Å². The number of aromatic nitrogens is 2. The number of hydrogen-bond donors (Lipinski definition) is 1. The molecule has 28 heavy (non-hydrogen) atoms. The number of nitrogens with zero attached hydrogens (tertiary/aromatic N) is 2. The van der Waals surface area contributed by atoms with Crippen LogP contribution in [0.4, 0.5) is 0 Å². The zero-order valence-electron chi connectivity index (χ0n) is 15.6. The molecule has 0 radical (unpaired) electrons. The van der Waals surface area contributed by atoms with E-state index in [1.807, 2.05) is 6.07 Å². The Hall–Kier alpha value is -2.98. The lowest BCUT2D eigenvalue weighted by Crippen LogP contribution is -2.18. The third-order valence-corrected chi connectivity index (χ3v) is 6.23. The highest BCUT2D eigenvalue weighted by atomic mass is 32.1. The number of nitriles is 1. The van der Waals surface area contributed by atoms with E-state index in [1.165, 1.54) is 10.9 Å². The molecule has 4 rings (SSSR count). The fraction of sp³-hybridized carbons (Fsp3) is 0.333. The highest BCUT2D eigenvalue weighted by molar-refractivity contribution is 7.18. The second kappa shape index (κ2) is 7.21. The summed E-state index contributed by atoms with van der Waals surface area (Å²) < 4.78 is 5.47. The van der Waals surface area contributed by atoms with Gasteiger partial charge in [0, 0.05) is 4.88 Å². The van der Waals surface area contributed by atoms with Crippen LogP contribution in [0.25, 0.3) is 10.2 Å². The molecule has 3 aromatic rings. The van der Waals surface area contributed by atoms with Gasteiger partial charge < -0.3 is 9.72 Å². The van der Waals surface area contributed by atoms with Gasteiger partial charge in [-0.2, -0.15) is 5.26 Å². The molecule has 2 atom stereocenters. The Morgan fingerprint density at radius 3 is 3.07 bits per heavy atom. The Kier molecular flexibility index (Phi) is 4.73. The van der Waals surface area contributed by atoms with E-state index < -0.39 is 12.1 Å². The predicted molar refractivity (Wildman–Crippen MR) is 106 cm³/mol. The summed E-state index contributed by atoms with van der Waals surface area (Å²) >= 11 is 1.56. The van der Waals surface area contributed by atoms with Crippen molar-refractivity contribution in [2.24, 2.45) is 5.92 Å². The molecule has 0 unspecified atom stereocenters. The van der Waals surface area contributed by atoms with Crippen LogP contribution >= 0.6 is 11.3 Å². The largest absolute Gasteiger partial charge is 0.451 e. The fourth-order valence-electron chi connectivity index (χ4n) is 3.56. The van der Waals surface area contributed by atoms with Crippen LogP contribution < -0.4 is 5.56 Å². The highest BCUT2D eigenvalue weighted by Gasteiger charge is 2.24. The van der Waals surface area contributed by atoms with Gasteiger partial charge in [-0.15, -0.1) is 11.3 Å².